The number of nitrogens with zero attached hydrogens (tertiary/aromatic N) is 1. The van der Waals surface area contributed by atoms with E-state index in [4.69, 9.17) is 4.74 Å². The third-order valence-electron chi connectivity index (χ3n) is 6.59. The summed E-state index contributed by atoms with van der Waals surface area (Å²) in [6.45, 7) is 13.2. The molecule has 0 unspecified atom stereocenters. The molecule has 1 aliphatic rings. The van der Waals surface area contributed by atoms with Gasteiger partial charge in [-0.05, 0) is 76.6 Å². The number of hydrogen-bond acceptors (Lipinski definition) is 3. The molecular formula is C30H36N2O2. The second-order valence-corrected chi connectivity index (χ2v) is 11.3. The van der Waals surface area contributed by atoms with Crippen LogP contribution in [0, 0.1) is 5.41 Å². The molecule has 0 bridgehead atoms. The zero-order chi connectivity index (χ0) is 24.5. The van der Waals surface area contributed by atoms with E-state index in [9.17, 15) is 4.79 Å². The van der Waals surface area contributed by atoms with Crippen LogP contribution in [-0.2, 0) is 23.1 Å². The van der Waals surface area contributed by atoms with Crippen molar-refractivity contribution in [1.82, 2.24) is 5.43 Å². The number of amides is 1. The van der Waals surface area contributed by atoms with Gasteiger partial charge in [-0.15, -0.1) is 0 Å². The second kappa shape index (κ2) is 9.25. The molecule has 0 aromatic heterocycles. The predicted octanol–water partition coefficient (Wildman–Crippen LogP) is 6.57. The average molecular weight is 457 g/mol. The van der Waals surface area contributed by atoms with Crippen LogP contribution in [-0.4, -0.2) is 18.2 Å². The fourth-order valence-corrected chi connectivity index (χ4v) is 5.38. The standard InChI is InChI=1S/C30H36N2O2/c1-20(25-17-12-22-11-10-21-8-7-9-26(25)28(21)22)31-32-27(33)18-34-24-15-13-23(14-16-24)30(5,6)19-29(2,3)4/h7-9,12-17H,10-11,18-19H2,1-6H3,(H,32,33)/b31-20-. The van der Waals surface area contributed by atoms with Crippen molar-refractivity contribution in [3.8, 4) is 5.75 Å². The molecule has 4 rings (SSSR count). The van der Waals surface area contributed by atoms with Crippen molar-refractivity contribution in [3.63, 3.8) is 0 Å². The van der Waals surface area contributed by atoms with Crippen LogP contribution in [0.2, 0.25) is 0 Å². The molecule has 4 heteroatoms. The van der Waals surface area contributed by atoms with Gasteiger partial charge in [0.05, 0.1) is 5.71 Å². The zero-order valence-corrected chi connectivity index (χ0v) is 21.3. The van der Waals surface area contributed by atoms with Crippen LogP contribution in [0.15, 0.2) is 59.7 Å². The third-order valence-corrected chi connectivity index (χ3v) is 6.59. The highest BCUT2D eigenvalue weighted by molar-refractivity contribution is 6.11. The van der Waals surface area contributed by atoms with E-state index in [-0.39, 0.29) is 23.3 Å². The van der Waals surface area contributed by atoms with E-state index < -0.39 is 0 Å². The monoisotopic (exact) mass is 456 g/mol. The van der Waals surface area contributed by atoms with Crippen molar-refractivity contribution in [3.05, 3.63) is 76.9 Å². The number of carbonyl (C=O) groups excluding carboxylic acids is 1. The molecule has 1 amide bonds. The van der Waals surface area contributed by atoms with Gasteiger partial charge in [-0.3, -0.25) is 4.79 Å². The summed E-state index contributed by atoms with van der Waals surface area (Å²) >= 11 is 0. The Labute approximate surface area is 203 Å². The summed E-state index contributed by atoms with van der Waals surface area (Å²) in [5.41, 5.74) is 8.87. The normalized spacial score (nSPS) is 13.9. The first-order chi connectivity index (χ1) is 16.0. The van der Waals surface area contributed by atoms with E-state index in [0.29, 0.717) is 5.75 Å². The van der Waals surface area contributed by atoms with Crippen LogP contribution < -0.4 is 10.2 Å². The Morgan fingerprint density at radius 1 is 0.941 bits per heavy atom. The maximum Gasteiger partial charge on any atom is 0.277 e. The Kier molecular flexibility index (Phi) is 6.53. The molecule has 0 saturated carbocycles. The van der Waals surface area contributed by atoms with Crippen molar-refractivity contribution in [1.29, 1.82) is 0 Å². The van der Waals surface area contributed by atoms with Crippen molar-refractivity contribution < 1.29 is 9.53 Å². The number of hydrogen-bond donors (Lipinski definition) is 1. The van der Waals surface area contributed by atoms with Gasteiger partial charge in [-0.1, -0.05) is 77.1 Å². The van der Waals surface area contributed by atoms with Gasteiger partial charge in [-0.2, -0.15) is 5.10 Å². The molecule has 0 atom stereocenters. The molecule has 0 aliphatic heterocycles. The Morgan fingerprint density at radius 2 is 1.62 bits per heavy atom. The SMILES string of the molecule is C/C(=N/NC(=O)COc1ccc(C(C)(C)CC(C)(C)C)cc1)c1ccc2c3c(cccc13)CC2. The van der Waals surface area contributed by atoms with E-state index in [2.05, 4.69) is 87.6 Å². The number of aryl methyl sites for hydroxylation is 2. The fraction of sp³-hybridized carbons (Fsp3) is 0.400. The minimum absolute atomic E-state index is 0.0724. The van der Waals surface area contributed by atoms with E-state index >= 15 is 0 Å². The molecule has 3 aromatic rings. The van der Waals surface area contributed by atoms with Gasteiger partial charge < -0.3 is 4.74 Å². The van der Waals surface area contributed by atoms with Gasteiger partial charge >= 0.3 is 0 Å². The first kappa shape index (κ1) is 24.0. The van der Waals surface area contributed by atoms with Crippen molar-refractivity contribution in [2.75, 3.05) is 6.61 Å². The molecule has 0 radical (unpaired) electrons. The molecule has 3 aromatic carbocycles. The number of nitrogens with one attached hydrogen (secondary N) is 1. The number of ether oxygens (including phenoxy) is 1. The molecule has 1 aliphatic carbocycles. The number of hydrazone groups is 1. The van der Waals surface area contributed by atoms with Crippen LogP contribution in [0.5, 0.6) is 5.75 Å². The molecule has 1 N–H and O–H groups in total. The highest BCUT2D eigenvalue weighted by atomic mass is 16.5. The van der Waals surface area contributed by atoms with Gasteiger partial charge in [0.25, 0.3) is 5.91 Å². The number of rotatable bonds is 7. The quantitative estimate of drug-likeness (QED) is 0.323. The van der Waals surface area contributed by atoms with Gasteiger partial charge in [0.2, 0.25) is 0 Å². The molecule has 178 valence electrons. The van der Waals surface area contributed by atoms with Crippen LogP contribution >= 0.6 is 0 Å². The summed E-state index contributed by atoms with van der Waals surface area (Å²) in [5.74, 6) is 0.404. The molecule has 0 heterocycles. The van der Waals surface area contributed by atoms with Crippen LogP contribution in [0.3, 0.4) is 0 Å². The third kappa shape index (κ3) is 5.32. The highest BCUT2D eigenvalue weighted by Crippen LogP contribution is 2.37. The van der Waals surface area contributed by atoms with Gasteiger partial charge in [0.1, 0.15) is 5.75 Å². The molecular weight excluding hydrogens is 420 g/mol. The van der Waals surface area contributed by atoms with Crippen LogP contribution in [0.1, 0.15) is 70.2 Å². The molecule has 4 nitrogen and oxygen atoms in total. The summed E-state index contributed by atoms with van der Waals surface area (Å²) in [5, 5.41) is 6.90. The Hall–Kier alpha value is -3.14. The summed E-state index contributed by atoms with van der Waals surface area (Å²) in [6, 6.07) is 18.8. The van der Waals surface area contributed by atoms with Crippen LogP contribution in [0.25, 0.3) is 10.8 Å². The smallest absolute Gasteiger partial charge is 0.277 e. The first-order valence-electron chi connectivity index (χ1n) is 12.1. The number of benzene rings is 3. The Bertz CT molecular complexity index is 1220. The Morgan fingerprint density at radius 3 is 2.29 bits per heavy atom. The Balaban J connectivity index is 1.36. The maximum absolute atomic E-state index is 12.4. The van der Waals surface area contributed by atoms with Gasteiger partial charge in [0, 0.05) is 5.56 Å². The lowest BCUT2D eigenvalue weighted by Gasteiger charge is -2.33. The lowest BCUT2D eigenvalue weighted by Crippen LogP contribution is -2.26. The van der Waals surface area contributed by atoms with Crippen molar-refractivity contribution >= 4 is 22.4 Å². The first-order valence-corrected chi connectivity index (χ1v) is 12.1. The summed E-state index contributed by atoms with van der Waals surface area (Å²) in [7, 11) is 0. The van der Waals surface area contributed by atoms with Crippen LogP contribution in [0.4, 0.5) is 0 Å². The molecule has 0 fully saturated rings. The maximum atomic E-state index is 12.4. The van der Waals surface area contributed by atoms with Gasteiger partial charge in [0.15, 0.2) is 6.61 Å². The summed E-state index contributed by atoms with van der Waals surface area (Å²) in [4.78, 5) is 12.4. The molecule has 0 saturated heterocycles. The largest absolute Gasteiger partial charge is 0.484 e. The average Bonchev–Trinajstić information content (AvgIpc) is 3.20. The summed E-state index contributed by atoms with van der Waals surface area (Å²) in [6.07, 6.45) is 3.27. The number of carbonyl (C=O) groups is 1. The van der Waals surface area contributed by atoms with E-state index in [1.807, 2.05) is 19.1 Å². The minimum Gasteiger partial charge on any atom is -0.484 e. The van der Waals surface area contributed by atoms with E-state index in [0.717, 1.165) is 30.5 Å². The summed E-state index contributed by atoms with van der Waals surface area (Å²) < 4.78 is 5.70. The second-order valence-electron chi connectivity index (χ2n) is 11.3. The topological polar surface area (TPSA) is 50.7 Å². The van der Waals surface area contributed by atoms with Crippen molar-refractivity contribution in [2.45, 2.75) is 66.2 Å². The zero-order valence-electron chi connectivity index (χ0n) is 21.3. The molecule has 34 heavy (non-hydrogen) atoms. The van der Waals surface area contributed by atoms with Crippen molar-refractivity contribution in [2.24, 2.45) is 10.5 Å². The highest BCUT2D eigenvalue weighted by Gasteiger charge is 2.27. The lowest BCUT2D eigenvalue weighted by atomic mass is 9.72. The predicted molar refractivity (Wildman–Crippen MR) is 141 cm³/mol. The van der Waals surface area contributed by atoms with Gasteiger partial charge in [-0.25, -0.2) is 5.43 Å². The fourth-order valence-electron chi connectivity index (χ4n) is 5.38. The minimum atomic E-state index is -0.276. The van der Waals surface area contributed by atoms with E-state index in [1.165, 1.54) is 27.5 Å². The molecule has 0 spiro atoms. The van der Waals surface area contributed by atoms with E-state index in [1.54, 1.807) is 0 Å². The lowest BCUT2D eigenvalue weighted by molar-refractivity contribution is -0.123.